The molecule has 26 heavy (non-hydrogen) atoms. The van der Waals surface area contributed by atoms with E-state index in [9.17, 15) is 4.79 Å². The van der Waals surface area contributed by atoms with Gasteiger partial charge in [0.05, 0.1) is 13.2 Å². The normalized spacial score (nSPS) is 10.8. The zero-order chi connectivity index (χ0) is 18.2. The second kappa shape index (κ2) is 8.67. The van der Waals surface area contributed by atoms with Gasteiger partial charge in [-0.25, -0.2) is 4.79 Å². The van der Waals surface area contributed by atoms with Crippen LogP contribution in [0.1, 0.15) is 18.2 Å². The lowest BCUT2D eigenvalue weighted by Crippen LogP contribution is -1.99. The van der Waals surface area contributed by atoms with Crippen molar-refractivity contribution in [2.75, 3.05) is 11.9 Å². The number of carbonyl (C=O) groups is 1. The second-order valence-electron chi connectivity index (χ2n) is 5.61. The third-order valence-corrected chi connectivity index (χ3v) is 3.70. The molecule has 0 unspecified atom stereocenters. The highest BCUT2D eigenvalue weighted by Gasteiger charge is 2.06. The molecular weight excluding hydrogens is 328 g/mol. The summed E-state index contributed by atoms with van der Waals surface area (Å²) in [4.78, 5) is 11.3. The van der Waals surface area contributed by atoms with Crippen LogP contribution in [0.4, 0.5) is 5.69 Å². The first-order valence-corrected chi connectivity index (χ1v) is 8.44. The molecule has 5 heteroatoms. The van der Waals surface area contributed by atoms with Crippen molar-refractivity contribution >= 4 is 17.7 Å². The number of carbonyl (C=O) groups excluding carboxylic acids is 1. The number of benzene rings is 2. The number of nitrogens with zero attached hydrogens (tertiary/aromatic N) is 1. The Morgan fingerprint density at radius 2 is 1.92 bits per heavy atom. The summed E-state index contributed by atoms with van der Waals surface area (Å²) < 4.78 is 10.2. The standard InChI is InChI=1S/C21H20N2O3/c1-2-25-21(24)13-10-16-8-11-18(12-9-16)22-15-19-14-20(23-26-19)17-6-4-3-5-7-17/h3-14,22H,2,15H2,1H3/b13-10+. The van der Waals surface area contributed by atoms with Crippen molar-refractivity contribution in [2.45, 2.75) is 13.5 Å². The number of rotatable bonds is 7. The number of hydrogen-bond donors (Lipinski definition) is 1. The van der Waals surface area contributed by atoms with Crippen LogP contribution >= 0.6 is 0 Å². The van der Waals surface area contributed by atoms with Crippen molar-refractivity contribution in [3.8, 4) is 11.3 Å². The summed E-state index contributed by atoms with van der Waals surface area (Å²) >= 11 is 0. The van der Waals surface area contributed by atoms with Gasteiger partial charge in [-0.2, -0.15) is 0 Å². The lowest BCUT2D eigenvalue weighted by Gasteiger charge is -2.04. The van der Waals surface area contributed by atoms with E-state index in [-0.39, 0.29) is 5.97 Å². The van der Waals surface area contributed by atoms with Gasteiger partial charge in [-0.3, -0.25) is 0 Å². The Labute approximate surface area is 152 Å². The average Bonchev–Trinajstić information content (AvgIpc) is 3.16. The van der Waals surface area contributed by atoms with Crippen LogP contribution in [0.25, 0.3) is 17.3 Å². The number of hydrogen-bond acceptors (Lipinski definition) is 5. The first kappa shape index (κ1) is 17.5. The van der Waals surface area contributed by atoms with E-state index >= 15 is 0 Å². The van der Waals surface area contributed by atoms with E-state index in [1.54, 1.807) is 13.0 Å². The van der Waals surface area contributed by atoms with Gasteiger partial charge in [-0.15, -0.1) is 0 Å². The van der Waals surface area contributed by atoms with E-state index in [0.29, 0.717) is 13.2 Å². The molecule has 1 aromatic heterocycles. The Morgan fingerprint density at radius 1 is 1.15 bits per heavy atom. The van der Waals surface area contributed by atoms with E-state index in [1.165, 1.54) is 6.08 Å². The molecule has 0 amide bonds. The number of anilines is 1. The highest BCUT2D eigenvalue weighted by molar-refractivity contribution is 5.87. The fraction of sp³-hybridized carbons (Fsp3) is 0.143. The van der Waals surface area contributed by atoms with Crippen LogP contribution in [-0.2, 0) is 16.1 Å². The van der Waals surface area contributed by atoms with Crippen LogP contribution in [-0.4, -0.2) is 17.7 Å². The maximum Gasteiger partial charge on any atom is 0.330 e. The third kappa shape index (κ3) is 4.83. The minimum atomic E-state index is -0.339. The van der Waals surface area contributed by atoms with Crippen LogP contribution < -0.4 is 5.32 Å². The number of ether oxygens (including phenoxy) is 1. The molecule has 2 aromatic carbocycles. The maximum atomic E-state index is 11.3. The molecule has 5 nitrogen and oxygen atoms in total. The maximum absolute atomic E-state index is 11.3. The lowest BCUT2D eigenvalue weighted by molar-refractivity contribution is -0.137. The van der Waals surface area contributed by atoms with Crippen LogP contribution in [0, 0.1) is 0 Å². The van der Waals surface area contributed by atoms with Crippen LogP contribution in [0.15, 0.2) is 71.3 Å². The Kier molecular flexibility index (Phi) is 5.83. The van der Waals surface area contributed by atoms with Gasteiger partial charge in [0, 0.05) is 23.4 Å². The average molecular weight is 348 g/mol. The first-order chi connectivity index (χ1) is 12.7. The minimum absolute atomic E-state index is 0.339. The molecule has 3 rings (SSSR count). The van der Waals surface area contributed by atoms with Gasteiger partial charge < -0.3 is 14.6 Å². The topological polar surface area (TPSA) is 64.4 Å². The predicted octanol–water partition coefficient (Wildman–Crippen LogP) is 4.53. The van der Waals surface area contributed by atoms with Gasteiger partial charge in [0.2, 0.25) is 0 Å². The molecule has 0 saturated carbocycles. The van der Waals surface area contributed by atoms with Gasteiger partial charge in [0.25, 0.3) is 0 Å². The molecule has 1 N–H and O–H groups in total. The van der Waals surface area contributed by atoms with E-state index in [1.807, 2.05) is 60.7 Å². The molecule has 0 aliphatic carbocycles. The van der Waals surface area contributed by atoms with Crippen LogP contribution in [0.5, 0.6) is 0 Å². The van der Waals surface area contributed by atoms with Crippen LogP contribution in [0.3, 0.4) is 0 Å². The van der Waals surface area contributed by atoms with Crippen molar-refractivity contribution in [3.05, 3.63) is 78.1 Å². The summed E-state index contributed by atoms with van der Waals surface area (Å²) in [7, 11) is 0. The zero-order valence-corrected chi connectivity index (χ0v) is 14.5. The molecule has 0 fully saturated rings. The number of esters is 1. The molecule has 0 radical (unpaired) electrons. The highest BCUT2D eigenvalue weighted by Crippen LogP contribution is 2.19. The van der Waals surface area contributed by atoms with Crippen molar-refractivity contribution in [1.82, 2.24) is 5.16 Å². The van der Waals surface area contributed by atoms with Gasteiger partial charge in [0.1, 0.15) is 5.69 Å². The lowest BCUT2D eigenvalue weighted by atomic mass is 10.1. The van der Waals surface area contributed by atoms with E-state index in [2.05, 4.69) is 10.5 Å². The Morgan fingerprint density at radius 3 is 2.65 bits per heavy atom. The molecular formula is C21H20N2O3. The predicted molar refractivity (Wildman–Crippen MR) is 101 cm³/mol. The Bertz CT molecular complexity index is 868. The van der Waals surface area contributed by atoms with Gasteiger partial charge >= 0.3 is 5.97 Å². The minimum Gasteiger partial charge on any atom is -0.463 e. The summed E-state index contributed by atoms with van der Waals surface area (Å²) in [5, 5.41) is 7.39. The molecule has 0 saturated heterocycles. The first-order valence-electron chi connectivity index (χ1n) is 8.44. The molecule has 3 aromatic rings. The van der Waals surface area contributed by atoms with Crippen molar-refractivity contribution in [3.63, 3.8) is 0 Å². The van der Waals surface area contributed by atoms with Crippen LogP contribution in [0.2, 0.25) is 0 Å². The molecule has 0 aliphatic rings. The quantitative estimate of drug-likeness (QED) is 0.502. The summed E-state index contributed by atoms with van der Waals surface area (Å²) in [6, 6.07) is 19.6. The Balaban J connectivity index is 1.55. The monoisotopic (exact) mass is 348 g/mol. The summed E-state index contributed by atoms with van der Waals surface area (Å²) in [6.45, 7) is 2.70. The highest BCUT2D eigenvalue weighted by atomic mass is 16.5. The third-order valence-electron chi connectivity index (χ3n) is 3.70. The molecule has 0 spiro atoms. The van der Waals surface area contributed by atoms with Gasteiger partial charge in [-0.05, 0) is 30.7 Å². The molecule has 0 aliphatic heterocycles. The molecule has 0 bridgehead atoms. The summed E-state index contributed by atoms with van der Waals surface area (Å²) in [5.74, 6) is 0.421. The van der Waals surface area contributed by atoms with Gasteiger partial charge in [-0.1, -0.05) is 47.6 Å². The summed E-state index contributed by atoms with van der Waals surface area (Å²) in [5.41, 5.74) is 3.73. The van der Waals surface area contributed by atoms with E-state index in [0.717, 1.165) is 28.3 Å². The summed E-state index contributed by atoms with van der Waals surface area (Å²) in [6.07, 6.45) is 3.15. The molecule has 132 valence electrons. The van der Waals surface area contributed by atoms with E-state index < -0.39 is 0 Å². The Hall–Kier alpha value is -3.34. The smallest absolute Gasteiger partial charge is 0.330 e. The fourth-order valence-electron chi connectivity index (χ4n) is 2.40. The van der Waals surface area contributed by atoms with E-state index in [4.69, 9.17) is 9.26 Å². The van der Waals surface area contributed by atoms with Crippen molar-refractivity contribution in [1.29, 1.82) is 0 Å². The molecule has 0 atom stereocenters. The van der Waals surface area contributed by atoms with Gasteiger partial charge in [0.15, 0.2) is 5.76 Å². The van der Waals surface area contributed by atoms with Crippen molar-refractivity contribution < 1.29 is 14.1 Å². The second-order valence-corrected chi connectivity index (χ2v) is 5.61. The molecule has 1 heterocycles. The SMILES string of the molecule is CCOC(=O)/C=C/c1ccc(NCc2cc(-c3ccccc3)no2)cc1. The van der Waals surface area contributed by atoms with Crippen molar-refractivity contribution in [2.24, 2.45) is 0 Å². The number of aromatic nitrogens is 1. The fourth-order valence-corrected chi connectivity index (χ4v) is 2.40. The number of nitrogens with one attached hydrogen (secondary N) is 1. The zero-order valence-electron chi connectivity index (χ0n) is 14.5. The largest absolute Gasteiger partial charge is 0.463 e.